The smallest absolute Gasteiger partial charge is 0.247 e. The summed E-state index contributed by atoms with van der Waals surface area (Å²) >= 11 is 1.54. The fourth-order valence-corrected chi connectivity index (χ4v) is 4.44. The van der Waals surface area contributed by atoms with Crippen molar-refractivity contribution in [3.8, 4) is 16.4 Å². The Morgan fingerprint density at radius 2 is 1.85 bits per heavy atom. The van der Waals surface area contributed by atoms with E-state index in [-0.39, 0.29) is 5.56 Å². The lowest BCUT2D eigenvalue weighted by Gasteiger charge is -2.04. The molecule has 0 bridgehead atoms. The number of aryl methyl sites for hydroxylation is 2. The number of nitrogens with one attached hydrogen (secondary N) is 2. The topological polar surface area (TPSA) is 64.8 Å². The van der Waals surface area contributed by atoms with Crippen LogP contribution in [0.1, 0.15) is 11.3 Å². The number of fused-ring (bicyclic) bond motifs is 2. The second kappa shape index (κ2) is 5.89. The van der Waals surface area contributed by atoms with E-state index in [4.69, 9.17) is 4.98 Å². The van der Waals surface area contributed by atoms with Crippen molar-refractivity contribution in [3.63, 3.8) is 0 Å². The summed E-state index contributed by atoms with van der Waals surface area (Å²) in [5, 5.41) is 5.06. The van der Waals surface area contributed by atoms with Gasteiger partial charge >= 0.3 is 10.7 Å². The van der Waals surface area contributed by atoms with E-state index in [2.05, 4.69) is 16.1 Å². The Kier molecular flexibility index (Phi) is 3.48. The number of hydrogen-bond donors (Lipinski definition) is 1. The van der Waals surface area contributed by atoms with Gasteiger partial charge in [0, 0.05) is 5.39 Å². The van der Waals surface area contributed by atoms with Crippen molar-refractivity contribution in [2.45, 2.75) is 13.8 Å². The van der Waals surface area contributed by atoms with Gasteiger partial charge in [0.1, 0.15) is 11.1 Å². The molecular formula is C21H17N4OS+. The Morgan fingerprint density at radius 1 is 1.07 bits per heavy atom. The second-order valence-electron chi connectivity index (χ2n) is 6.62. The summed E-state index contributed by atoms with van der Waals surface area (Å²) < 4.78 is 2.68. The van der Waals surface area contributed by atoms with Crippen LogP contribution in [-0.2, 0) is 0 Å². The minimum atomic E-state index is -0.0995. The highest BCUT2D eigenvalue weighted by atomic mass is 32.1. The van der Waals surface area contributed by atoms with Crippen LogP contribution in [0.25, 0.3) is 37.5 Å². The molecule has 5 nitrogen and oxygen atoms in total. The molecule has 0 unspecified atom stereocenters. The number of H-pyrrole nitrogens is 2. The summed E-state index contributed by atoms with van der Waals surface area (Å²) in [6.45, 7) is 3.96. The zero-order valence-electron chi connectivity index (χ0n) is 14.9. The number of aromatic amines is 2. The maximum atomic E-state index is 13.2. The maximum absolute atomic E-state index is 13.2. The Labute approximate surface area is 158 Å². The Morgan fingerprint density at radius 3 is 2.70 bits per heavy atom. The first-order valence-electron chi connectivity index (χ1n) is 8.71. The molecule has 6 heteroatoms. The average Bonchev–Trinajstić information content (AvgIpc) is 3.22. The second-order valence-corrected chi connectivity index (χ2v) is 7.65. The van der Waals surface area contributed by atoms with E-state index in [0.29, 0.717) is 11.3 Å². The molecule has 0 atom stereocenters. The van der Waals surface area contributed by atoms with Gasteiger partial charge in [-0.25, -0.2) is 19.9 Å². The van der Waals surface area contributed by atoms with Crippen molar-refractivity contribution >= 4 is 32.5 Å². The van der Waals surface area contributed by atoms with Crippen LogP contribution < -0.4 is 10.5 Å². The molecule has 5 aromatic rings. The van der Waals surface area contributed by atoms with Gasteiger partial charge in [0.25, 0.3) is 0 Å². The zero-order valence-corrected chi connectivity index (χ0v) is 15.7. The van der Waals surface area contributed by atoms with Gasteiger partial charge in [0.2, 0.25) is 0 Å². The van der Waals surface area contributed by atoms with E-state index in [0.717, 1.165) is 37.5 Å². The van der Waals surface area contributed by atoms with Gasteiger partial charge in [0.05, 0.1) is 21.6 Å². The third-order valence-electron chi connectivity index (χ3n) is 4.79. The Hall–Kier alpha value is -3.25. The fourth-order valence-electron chi connectivity index (χ4n) is 3.47. The molecule has 2 aromatic carbocycles. The van der Waals surface area contributed by atoms with Crippen molar-refractivity contribution in [2.75, 3.05) is 0 Å². The molecule has 3 aromatic heterocycles. The summed E-state index contributed by atoms with van der Waals surface area (Å²) in [6, 6.07) is 18.0. The van der Waals surface area contributed by atoms with Gasteiger partial charge in [-0.15, -0.1) is 0 Å². The van der Waals surface area contributed by atoms with Crippen LogP contribution >= 0.6 is 11.3 Å². The Balaban J connectivity index is 1.72. The summed E-state index contributed by atoms with van der Waals surface area (Å²) in [7, 11) is 0. The molecular weight excluding hydrogens is 356 g/mol. The predicted octanol–water partition coefficient (Wildman–Crippen LogP) is 4.03. The zero-order chi connectivity index (χ0) is 18.5. The lowest BCUT2D eigenvalue weighted by molar-refractivity contribution is -0.334. The number of pyridine rings is 1. The first-order valence-corrected chi connectivity index (χ1v) is 9.53. The number of benzene rings is 2. The summed E-state index contributed by atoms with van der Waals surface area (Å²) in [4.78, 5) is 21.2. The predicted molar refractivity (Wildman–Crippen MR) is 109 cm³/mol. The van der Waals surface area contributed by atoms with Crippen molar-refractivity contribution in [1.82, 2.24) is 14.8 Å². The molecule has 0 aliphatic heterocycles. The van der Waals surface area contributed by atoms with E-state index in [1.807, 2.05) is 62.4 Å². The van der Waals surface area contributed by atoms with Crippen molar-refractivity contribution in [2.24, 2.45) is 0 Å². The van der Waals surface area contributed by atoms with Crippen molar-refractivity contribution in [3.05, 3.63) is 76.2 Å². The van der Waals surface area contributed by atoms with Crippen LogP contribution in [0.4, 0.5) is 0 Å². The van der Waals surface area contributed by atoms with Crippen LogP contribution in [0.2, 0.25) is 0 Å². The molecule has 27 heavy (non-hydrogen) atoms. The Bertz CT molecular complexity index is 1340. The molecule has 0 fully saturated rings. The van der Waals surface area contributed by atoms with Gasteiger partial charge in [0.15, 0.2) is 0 Å². The van der Waals surface area contributed by atoms with Crippen molar-refractivity contribution < 1.29 is 4.98 Å². The highest BCUT2D eigenvalue weighted by Crippen LogP contribution is 2.25. The molecule has 0 aliphatic carbocycles. The molecule has 0 amide bonds. The first-order chi connectivity index (χ1) is 13.1. The van der Waals surface area contributed by atoms with Gasteiger partial charge in [-0.3, -0.25) is 0 Å². The van der Waals surface area contributed by atoms with Gasteiger partial charge < -0.3 is 0 Å². The minimum Gasteiger partial charge on any atom is -0.247 e. The number of thiazole rings is 1. The number of rotatable bonds is 2. The molecule has 5 rings (SSSR count). The SMILES string of the molecule is Cc1[nH]n(-c2[nH+]c3ccccc3s2)c(=O)c1-c1cc(C)c2ccccc2n1. The lowest BCUT2D eigenvalue weighted by atomic mass is 10.1. The summed E-state index contributed by atoms with van der Waals surface area (Å²) in [6.07, 6.45) is 0. The van der Waals surface area contributed by atoms with E-state index in [1.54, 1.807) is 16.0 Å². The first kappa shape index (κ1) is 16.0. The standard InChI is InChI=1S/C21H16N4OS/c1-12-11-17(22-15-8-4-3-7-14(12)15)19-13(2)24-25(20(19)26)21-23-16-9-5-6-10-18(16)27-21/h3-11,24H,1-2H3/p+1. The molecule has 132 valence electrons. The quantitative estimate of drug-likeness (QED) is 0.508. The number of para-hydroxylation sites is 2. The monoisotopic (exact) mass is 373 g/mol. The maximum Gasteiger partial charge on any atom is 0.369 e. The van der Waals surface area contributed by atoms with Crippen molar-refractivity contribution in [1.29, 1.82) is 0 Å². The summed E-state index contributed by atoms with van der Waals surface area (Å²) in [5.41, 5.74) is 5.02. The molecule has 0 saturated heterocycles. The molecule has 0 aliphatic rings. The highest BCUT2D eigenvalue weighted by Gasteiger charge is 2.24. The fraction of sp³-hybridized carbons (Fsp3) is 0.0952. The lowest BCUT2D eigenvalue weighted by Crippen LogP contribution is -2.21. The third kappa shape index (κ3) is 2.49. The highest BCUT2D eigenvalue weighted by molar-refractivity contribution is 7.20. The largest absolute Gasteiger partial charge is 0.369 e. The number of hydrogen-bond acceptors (Lipinski definition) is 3. The van der Waals surface area contributed by atoms with Crippen LogP contribution in [-0.4, -0.2) is 14.8 Å². The van der Waals surface area contributed by atoms with Crippen LogP contribution in [0, 0.1) is 13.8 Å². The van der Waals surface area contributed by atoms with Gasteiger partial charge in [-0.2, -0.15) is 0 Å². The van der Waals surface area contributed by atoms with Crippen LogP contribution in [0.5, 0.6) is 0 Å². The van der Waals surface area contributed by atoms with E-state index >= 15 is 0 Å². The molecule has 0 radical (unpaired) electrons. The number of nitrogens with zero attached hydrogens (tertiary/aromatic N) is 2. The molecule has 0 spiro atoms. The minimum absolute atomic E-state index is 0.0995. The molecule has 2 N–H and O–H groups in total. The molecule has 3 heterocycles. The van der Waals surface area contributed by atoms with E-state index in [1.165, 1.54) is 0 Å². The third-order valence-corrected chi connectivity index (χ3v) is 5.84. The van der Waals surface area contributed by atoms with Crippen LogP contribution in [0.3, 0.4) is 0 Å². The van der Waals surface area contributed by atoms with E-state index in [9.17, 15) is 4.79 Å². The van der Waals surface area contributed by atoms with Gasteiger partial charge in [-0.1, -0.05) is 35.0 Å². The normalized spacial score (nSPS) is 11.5. The van der Waals surface area contributed by atoms with Gasteiger partial charge in [-0.05, 0) is 55.0 Å². The van der Waals surface area contributed by atoms with Crippen LogP contribution in [0.15, 0.2) is 59.4 Å². The molecule has 0 saturated carbocycles. The number of aromatic nitrogens is 4. The average molecular weight is 373 g/mol. The summed E-state index contributed by atoms with van der Waals surface area (Å²) in [5.74, 6) is 0. The van der Waals surface area contributed by atoms with E-state index < -0.39 is 0 Å².